The Morgan fingerprint density at radius 3 is 2.68 bits per heavy atom. The van der Waals surface area contributed by atoms with E-state index in [0.717, 1.165) is 16.6 Å². The molecule has 1 aromatic heterocycles. The Hall–Kier alpha value is -2.04. The number of rotatable bonds is 3. The molecule has 0 aliphatic carbocycles. The average Bonchev–Trinajstić information content (AvgIpc) is 2.65. The fourth-order valence-electron chi connectivity index (χ4n) is 2.32. The van der Waals surface area contributed by atoms with E-state index >= 15 is 0 Å². The van der Waals surface area contributed by atoms with E-state index in [2.05, 4.69) is 4.98 Å². The molecule has 19 heavy (non-hydrogen) atoms. The molecule has 0 aliphatic heterocycles. The maximum absolute atomic E-state index is 12.0. The lowest BCUT2D eigenvalue weighted by atomic mass is 10.0. The summed E-state index contributed by atoms with van der Waals surface area (Å²) in [5, 5.41) is 0. The van der Waals surface area contributed by atoms with Crippen LogP contribution in [0.25, 0.3) is 11.0 Å². The van der Waals surface area contributed by atoms with Crippen molar-refractivity contribution in [3.8, 4) is 0 Å². The fraction of sp³-hybridized carbons (Fsp3) is 0.429. The Morgan fingerprint density at radius 1 is 1.42 bits per heavy atom. The number of carbonyl (C=O) groups is 1. The van der Waals surface area contributed by atoms with Gasteiger partial charge in [-0.2, -0.15) is 0 Å². The minimum absolute atomic E-state index is 0.0634. The third kappa shape index (κ3) is 2.28. The fourth-order valence-corrected chi connectivity index (χ4v) is 2.32. The maximum atomic E-state index is 12.0. The first-order valence-corrected chi connectivity index (χ1v) is 6.27. The second kappa shape index (κ2) is 4.91. The molecule has 0 fully saturated rings. The first-order valence-electron chi connectivity index (χ1n) is 6.27. The molecule has 2 N–H and O–H groups in total. The first kappa shape index (κ1) is 13.4. The lowest BCUT2D eigenvalue weighted by molar-refractivity contribution is -0.145. The summed E-state index contributed by atoms with van der Waals surface area (Å²) in [4.78, 5) is 16.3. The van der Waals surface area contributed by atoms with Gasteiger partial charge >= 0.3 is 5.97 Å². The standard InChI is InChI=1S/C14H19N3O2/c1-8(2)12(13(18)19-4)17-11-6-5-9(3)7-10(11)16-14(17)15/h5-8,12H,1-4H3,(H2,15,16). The van der Waals surface area contributed by atoms with Crippen molar-refractivity contribution in [3.63, 3.8) is 0 Å². The van der Waals surface area contributed by atoms with Gasteiger partial charge in [0.05, 0.1) is 18.1 Å². The molecule has 1 atom stereocenters. The number of hydrogen-bond donors (Lipinski definition) is 1. The number of anilines is 1. The minimum Gasteiger partial charge on any atom is -0.467 e. The number of aromatic nitrogens is 2. The zero-order chi connectivity index (χ0) is 14.2. The SMILES string of the molecule is COC(=O)C(C(C)C)n1c(N)nc2cc(C)ccc21. The van der Waals surface area contributed by atoms with Crippen molar-refractivity contribution in [3.05, 3.63) is 23.8 Å². The molecule has 0 saturated heterocycles. The molecule has 102 valence electrons. The third-order valence-corrected chi connectivity index (χ3v) is 3.22. The largest absolute Gasteiger partial charge is 0.467 e. The van der Waals surface area contributed by atoms with Gasteiger partial charge in [-0.05, 0) is 30.5 Å². The summed E-state index contributed by atoms with van der Waals surface area (Å²) in [5.74, 6) is 0.0970. The number of methoxy groups -OCH3 is 1. The van der Waals surface area contributed by atoms with Crippen LogP contribution in [0.5, 0.6) is 0 Å². The zero-order valence-electron chi connectivity index (χ0n) is 11.7. The third-order valence-electron chi connectivity index (χ3n) is 3.22. The van der Waals surface area contributed by atoms with Crippen molar-refractivity contribution in [1.29, 1.82) is 0 Å². The van der Waals surface area contributed by atoms with E-state index in [-0.39, 0.29) is 11.9 Å². The van der Waals surface area contributed by atoms with Gasteiger partial charge in [-0.25, -0.2) is 9.78 Å². The Bertz CT molecular complexity index is 616. The van der Waals surface area contributed by atoms with Crippen molar-refractivity contribution >= 4 is 23.0 Å². The number of benzene rings is 1. The van der Waals surface area contributed by atoms with Gasteiger partial charge in [0.1, 0.15) is 6.04 Å². The Kier molecular flexibility index (Phi) is 3.46. The number of carbonyl (C=O) groups excluding carboxylic acids is 1. The Morgan fingerprint density at radius 2 is 2.11 bits per heavy atom. The molecule has 1 unspecified atom stereocenters. The van der Waals surface area contributed by atoms with Crippen LogP contribution in [0.4, 0.5) is 5.95 Å². The average molecular weight is 261 g/mol. The molecule has 5 heteroatoms. The van der Waals surface area contributed by atoms with E-state index in [4.69, 9.17) is 10.5 Å². The summed E-state index contributed by atoms with van der Waals surface area (Å²) in [5.41, 5.74) is 8.74. The summed E-state index contributed by atoms with van der Waals surface area (Å²) >= 11 is 0. The van der Waals surface area contributed by atoms with Crippen molar-refractivity contribution in [2.45, 2.75) is 26.8 Å². The van der Waals surface area contributed by atoms with Gasteiger partial charge in [0.15, 0.2) is 0 Å². The number of ether oxygens (including phenoxy) is 1. The smallest absolute Gasteiger partial charge is 0.329 e. The highest BCUT2D eigenvalue weighted by Crippen LogP contribution is 2.28. The van der Waals surface area contributed by atoms with Gasteiger partial charge in [0.25, 0.3) is 0 Å². The van der Waals surface area contributed by atoms with Crippen LogP contribution in [0.2, 0.25) is 0 Å². The van der Waals surface area contributed by atoms with Gasteiger partial charge in [-0.1, -0.05) is 19.9 Å². The van der Waals surface area contributed by atoms with Crippen LogP contribution in [0, 0.1) is 12.8 Å². The van der Waals surface area contributed by atoms with Crippen LogP contribution < -0.4 is 5.73 Å². The number of aryl methyl sites for hydroxylation is 1. The van der Waals surface area contributed by atoms with Crippen LogP contribution >= 0.6 is 0 Å². The van der Waals surface area contributed by atoms with E-state index < -0.39 is 6.04 Å². The zero-order valence-corrected chi connectivity index (χ0v) is 11.7. The number of nitrogen functional groups attached to an aromatic ring is 1. The van der Waals surface area contributed by atoms with Crippen LogP contribution in [0.3, 0.4) is 0 Å². The van der Waals surface area contributed by atoms with E-state index in [1.54, 1.807) is 4.57 Å². The molecule has 0 bridgehead atoms. The number of hydrogen-bond acceptors (Lipinski definition) is 4. The van der Waals surface area contributed by atoms with Crippen molar-refractivity contribution in [1.82, 2.24) is 9.55 Å². The minimum atomic E-state index is -0.460. The molecular weight excluding hydrogens is 242 g/mol. The summed E-state index contributed by atoms with van der Waals surface area (Å²) in [6.07, 6.45) is 0. The highest BCUT2D eigenvalue weighted by molar-refractivity contribution is 5.83. The van der Waals surface area contributed by atoms with Crippen molar-refractivity contribution in [2.75, 3.05) is 12.8 Å². The first-order chi connectivity index (χ1) is 8.95. The number of fused-ring (bicyclic) bond motifs is 1. The van der Waals surface area contributed by atoms with Gasteiger partial charge in [0.2, 0.25) is 5.95 Å². The molecular formula is C14H19N3O2. The predicted octanol–water partition coefficient (Wildman–Crippen LogP) is 2.30. The Balaban J connectivity index is 2.65. The molecule has 1 aromatic carbocycles. The van der Waals surface area contributed by atoms with Gasteiger partial charge in [-0.15, -0.1) is 0 Å². The monoisotopic (exact) mass is 261 g/mol. The van der Waals surface area contributed by atoms with Crippen molar-refractivity contribution < 1.29 is 9.53 Å². The summed E-state index contributed by atoms with van der Waals surface area (Å²) < 4.78 is 6.64. The summed E-state index contributed by atoms with van der Waals surface area (Å²) in [6.45, 7) is 5.91. The molecule has 2 rings (SSSR count). The number of imidazole rings is 1. The molecule has 0 radical (unpaired) electrons. The maximum Gasteiger partial charge on any atom is 0.329 e. The topological polar surface area (TPSA) is 70.1 Å². The van der Waals surface area contributed by atoms with Crippen molar-refractivity contribution in [2.24, 2.45) is 5.92 Å². The normalized spacial score (nSPS) is 12.9. The summed E-state index contributed by atoms with van der Waals surface area (Å²) in [6, 6.07) is 5.41. The lowest BCUT2D eigenvalue weighted by Crippen LogP contribution is -2.26. The van der Waals surface area contributed by atoms with E-state index in [9.17, 15) is 4.79 Å². The number of esters is 1. The number of nitrogens with two attached hydrogens (primary N) is 1. The van der Waals surface area contributed by atoms with Gasteiger partial charge < -0.3 is 10.5 Å². The molecule has 0 saturated carbocycles. The van der Waals surface area contributed by atoms with Crippen LogP contribution in [0.15, 0.2) is 18.2 Å². The molecule has 2 aromatic rings. The van der Waals surface area contributed by atoms with Gasteiger partial charge in [-0.3, -0.25) is 4.57 Å². The van der Waals surface area contributed by atoms with E-state index in [1.165, 1.54) is 7.11 Å². The molecule has 0 aliphatic rings. The van der Waals surface area contributed by atoms with Crippen LogP contribution in [-0.2, 0) is 9.53 Å². The van der Waals surface area contributed by atoms with E-state index in [1.807, 2.05) is 39.0 Å². The van der Waals surface area contributed by atoms with Crippen LogP contribution in [0.1, 0.15) is 25.5 Å². The second-order valence-electron chi connectivity index (χ2n) is 5.04. The van der Waals surface area contributed by atoms with E-state index in [0.29, 0.717) is 5.95 Å². The highest BCUT2D eigenvalue weighted by Gasteiger charge is 2.28. The number of nitrogens with zero attached hydrogens (tertiary/aromatic N) is 2. The molecule has 0 amide bonds. The summed E-state index contributed by atoms with van der Waals surface area (Å²) in [7, 11) is 1.39. The lowest BCUT2D eigenvalue weighted by Gasteiger charge is -2.21. The molecule has 5 nitrogen and oxygen atoms in total. The highest BCUT2D eigenvalue weighted by atomic mass is 16.5. The molecule has 1 heterocycles. The van der Waals surface area contributed by atoms with Gasteiger partial charge in [0, 0.05) is 0 Å². The molecule has 0 spiro atoms. The quantitative estimate of drug-likeness (QED) is 0.861. The Labute approximate surface area is 112 Å². The second-order valence-corrected chi connectivity index (χ2v) is 5.04. The van der Waals surface area contributed by atoms with Crippen LogP contribution in [-0.4, -0.2) is 22.6 Å². The predicted molar refractivity (Wildman–Crippen MR) is 74.8 cm³/mol.